The summed E-state index contributed by atoms with van der Waals surface area (Å²) < 4.78 is 7.06. The van der Waals surface area contributed by atoms with E-state index in [4.69, 9.17) is 10.5 Å². The maximum absolute atomic E-state index is 12.6. The normalized spacial score (nSPS) is 25.9. The van der Waals surface area contributed by atoms with Crippen LogP contribution in [0.5, 0.6) is 0 Å². The lowest BCUT2D eigenvalue weighted by atomic mass is 9.94. The Morgan fingerprint density at radius 1 is 1.32 bits per heavy atom. The average Bonchev–Trinajstić information content (AvgIpc) is 3.05. The molecule has 22 heavy (non-hydrogen) atoms. The Balaban J connectivity index is 1.69. The third-order valence-electron chi connectivity index (χ3n) is 4.31. The number of primary amides is 1. The highest BCUT2D eigenvalue weighted by Crippen LogP contribution is 2.24. The summed E-state index contributed by atoms with van der Waals surface area (Å²) in [6, 6.07) is 0.00809. The molecule has 1 aromatic heterocycles. The molecular weight excluding hydrogens is 286 g/mol. The van der Waals surface area contributed by atoms with Gasteiger partial charge < -0.3 is 25.3 Å². The molecule has 8 nitrogen and oxygen atoms in total. The Kier molecular flexibility index (Phi) is 4.39. The van der Waals surface area contributed by atoms with Gasteiger partial charge >= 0.3 is 0 Å². The number of amides is 2. The molecule has 3 N–H and O–H groups in total. The van der Waals surface area contributed by atoms with Gasteiger partial charge in [0.25, 0.3) is 5.91 Å². The van der Waals surface area contributed by atoms with E-state index in [9.17, 15) is 9.59 Å². The summed E-state index contributed by atoms with van der Waals surface area (Å²) >= 11 is 0. The van der Waals surface area contributed by atoms with Crippen LogP contribution in [0.2, 0.25) is 0 Å². The predicted octanol–water partition coefficient (Wildman–Crippen LogP) is -1.01. The van der Waals surface area contributed by atoms with Crippen molar-refractivity contribution in [3.63, 3.8) is 0 Å². The Bertz CT molecular complexity index is 552. The Labute approximate surface area is 128 Å². The van der Waals surface area contributed by atoms with Crippen LogP contribution in [0.15, 0.2) is 12.5 Å². The smallest absolute Gasteiger partial charge is 0.266 e. The fourth-order valence-corrected chi connectivity index (χ4v) is 3.15. The van der Waals surface area contributed by atoms with E-state index < -0.39 is 5.91 Å². The standard InChI is InChI=1S/C14H21N5O3/c15-13(20)12-8-17-9-19(12)11-5-10(6-16-7-11)14(21)18-1-3-22-4-2-18/h8-11,16H,1-7H2,(H2,15,20)/t10-,11+/m1/s1. The van der Waals surface area contributed by atoms with Gasteiger partial charge in [-0.2, -0.15) is 0 Å². The van der Waals surface area contributed by atoms with Gasteiger partial charge in [0, 0.05) is 32.2 Å². The summed E-state index contributed by atoms with van der Waals surface area (Å²) in [7, 11) is 0. The lowest BCUT2D eigenvalue weighted by Crippen LogP contribution is -2.49. The summed E-state index contributed by atoms with van der Waals surface area (Å²) in [5, 5.41) is 3.28. The number of hydrogen-bond donors (Lipinski definition) is 2. The number of nitrogens with zero attached hydrogens (tertiary/aromatic N) is 3. The van der Waals surface area contributed by atoms with E-state index >= 15 is 0 Å². The number of piperidine rings is 1. The Hall–Kier alpha value is -1.93. The number of imidazole rings is 1. The Morgan fingerprint density at radius 2 is 2.09 bits per heavy atom. The van der Waals surface area contributed by atoms with Gasteiger partial charge in [-0.1, -0.05) is 0 Å². The number of aromatic nitrogens is 2. The summed E-state index contributed by atoms with van der Waals surface area (Å²) in [4.78, 5) is 29.9. The zero-order valence-electron chi connectivity index (χ0n) is 12.4. The van der Waals surface area contributed by atoms with Crippen molar-refractivity contribution in [2.24, 2.45) is 11.7 Å². The molecule has 3 heterocycles. The van der Waals surface area contributed by atoms with E-state index in [1.807, 2.05) is 4.90 Å². The number of nitrogens with two attached hydrogens (primary N) is 1. The van der Waals surface area contributed by atoms with Crippen molar-refractivity contribution in [3.8, 4) is 0 Å². The van der Waals surface area contributed by atoms with E-state index in [1.165, 1.54) is 6.20 Å². The second-order valence-corrected chi connectivity index (χ2v) is 5.73. The molecule has 0 saturated carbocycles. The van der Waals surface area contributed by atoms with Crippen molar-refractivity contribution in [3.05, 3.63) is 18.2 Å². The fraction of sp³-hybridized carbons (Fsp3) is 0.643. The minimum atomic E-state index is -0.501. The monoisotopic (exact) mass is 307 g/mol. The second kappa shape index (κ2) is 6.45. The molecule has 2 amide bonds. The van der Waals surface area contributed by atoms with Crippen molar-refractivity contribution in [2.45, 2.75) is 12.5 Å². The molecule has 2 fully saturated rings. The maximum atomic E-state index is 12.6. The Morgan fingerprint density at radius 3 is 2.82 bits per heavy atom. The topological polar surface area (TPSA) is 102 Å². The molecule has 2 saturated heterocycles. The molecule has 120 valence electrons. The zero-order chi connectivity index (χ0) is 15.5. The van der Waals surface area contributed by atoms with Crippen LogP contribution in [0.1, 0.15) is 23.0 Å². The van der Waals surface area contributed by atoms with E-state index in [-0.39, 0.29) is 17.9 Å². The summed E-state index contributed by atoms with van der Waals surface area (Å²) in [5.74, 6) is -0.444. The largest absolute Gasteiger partial charge is 0.378 e. The molecular formula is C14H21N5O3. The van der Waals surface area contributed by atoms with E-state index in [1.54, 1.807) is 10.9 Å². The van der Waals surface area contributed by atoms with Crippen LogP contribution in [-0.2, 0) is 9.53 Å². The summed E-state index contributed by atoms with van der Waals surface area (Å²) in [6.45, 7) is 3.86. The third kappa shape index (κ3) is 2.97. The molecule has 1 aromatic rings. The highest BCUT2D eigenvalue weighted by Gasteiger charge is 2.32. The summed E-state index contributed by atoms with van der Waals surface area (Å²) in [6.07, 6.45) is 3.75. The molecule has 0 bridgehead atoms. The molecule has 0 radical (unpaired) electrons. The molecule has 0 aliphatic carbocycles. The van der Waals surface area contributed by atoms with Crippen molar-refractivity contribution >= 4 is 11.8 Å². The van der Waals surface area contributed by atoms with Crippen LogP contribution in [0, 0.1) is 5.92 Å². The zero-order valence-corrected chi connectivity index (χ0v) is 12.4. The van der Waals surface area contributed by atoms with Crippen molar-refractivity contribution in [2.75, 3.05) is 39.4 Å². The highest BCUT2D eigenvalue weighted by atomic mass is 16.5. The third-order valence-corrected chi connectivity index (χ3v) is 4.31. The average molecular weight is 307 g/mol. The maximum Gasteiger partial charge on any atom is 0.266 e. The lowest BCUT2D eigenvalue weighted by molar-refractivity contribution is -0.140. The van der Waals surface area contributed by atoms with Gasteiger partial charge in [0.1, 0.15) is 5.69 Å². The van der Waals surface area contributed by atoms with Gasteiger partial charge in [-0.3, -0.25) is 9.59 Å². The number of ether oxygens (including phenoxy) is 1. The number of carbonyl (C=O) groups excluding carboxylic acids is 2. The first kappa shape index (κ1) is 15.0. The molecule has 0 unspecified atom stereocenters. The van der Waals surface area contributed by atoms with Gasteiger partial charge in [0.05, 0.1) is 31.7 Å². The van der Waals surface area contributed by atoms with Crippen molar-refractivity contribution < 1.29 is 14.3 Å². The minimum absolute atomic E-state index is 0.00809. The number of rotatable bonds is 3. The number of morpholine rings is 1. The summed E-state index contributed by atoms with van der Waals surface area (Å²) in [5.41, 5.74) is 5.75. The first-order chi connectivity index (χ1) is 10.7. The van der Waals surface area contributed by atoms with Gasteiger partial charge in [-0.05, 0) is 6.42 Å². The number of hydrogen-bond acceptors (Lipinski definition) is 5. The molecule has 2 aliphatic rings. The molecule has 2 atom stereocenters. The highest BCUT2D eigenvalue weighted by molar-refractivity contribution is 5.90. The fourth-order valence-electron chi connectivity index (χ4n) is 3.15. The van der Waals surface area contributed by atoms with Crippen LogP contribution in [0.3, 0.4) is 0 Å². The van der Waals surface area contributed by atoms with Crippen LogP contribution in [0.4, 0.5) is 0 Å². The molecule has 8 heteroatoms. The minimum Gasteiger partial charge on any atom is -0.378 e. The van der Waals surface area contributed by atoms with E-state index in [0.29, 0.717) is 51.5 Å². The van der Waals surface area contributed by atoms with Crippen molar-refractivity contribution in [1.82, 2.24) is 19.8 Å². The van der Waals surface area contributed by atoms with Crippen LogP contribution >= 0.6 is 0 Å². The van der Waals surface area contributed by atoms with E-state index in [0.717, 1.165) is 0 Å². The van der Waals surface area contributed by atoms with Gasteiger partial charge in [0.15, 0.2) is 0 Å². The number of carbonyl (C=O) groups is 2. The predicted molar refractivity (Wildman–Crippen MR) is 78.2 cm³/mol. The lowest BCUT2D eigenvalue weighted by Gasteiger charge is -2.35. The van der Waals surface area contributed by atoms with Crippen LogP contribution in [0.25, 0.3) is 0 Å². The quantitative estimate of drug-likeness (QED) is 0.745. The second-order valence-electron chi connectivity index (χ2n) is 5.73. The molecule has 2 aliphatic heterocycles. The van der Waals surface area contributed by atoms with Gasteiger partial charge in [0.2, 0.25) is 5.91 Å². The molecule has 3 rings (SSSR count). The molecule has 0 aromatic carbocycles. The first-order valence-corrected chi connectivity index (χ1v) is 7.55. The number of nitrogens with one attached hydrogen (secondary N) is 1. The van der Waals surface area contributed by atoms with Gasteiger partial charge in [-0.25, -0.2) is 4.98 Å². The first-order valence-electron chi connectivity index (χ1n) is 7.55. The van der Waals surface area contributed by atoms with Crippen LogP contribution < -0.4 is 11.1 Å². The molecule has 0 spiro atoms. The van der Waals surface area contributed by atoms with Crippen molar-refractivity contribution in [1.29, 1.82) is 0 Å². The van der Waals surface area contributed by atoms with Gasteiger partial charge in [-0.15, -0.1) is 0 Å². The van der Waals surface area contributed by atoms with E-state index in [2.05, 4.69) is 10.3 Å². The SMILES string of the molecule is NC(=O)c1cncn1[C@@H]1CNC[C@H](C(=O)N2CCOCC2)C1. The van der Waals surface area contributed by atoms with Crippen LogP contribution in [-0.4, -0.2) is 65.7 Å².